The maximum absolute atomic E-state index is 12.6. The predicted octanol–water partition coefficient (Wildman–Crippen LogP) is 3.90. The summed E-state index contributed by atoms with van der Waals surface area (Å²) in [7, 11) is 4.61. The van der Waals surface area contributed by atoms with E-state index in [9.17, 15) is 4.79 Å². The van der Waals surface area contributed by atoms with Gasteiger partial charge in [-0.25, -0.2) is 0 Å². The average molecular weight is 453 g/mol. The van der Waals surface area contributed by atoms with Crippen molar-refractivity contribution >= 4 is 33.5 Å². The molecule has 0 spiro atoms. The van der Waals surface area contributed by atoms with Crippen molar-refractivity contribution in [1.29, 1.82) is 0 Å². The summed E-state index contributed by atoms with van der Waals surface area (Å²) in [5, 5.41) is 0. The molecular formula is C24H24N2O5S. The van der Waals surface area contributed by atoms with Crippen LogP contribution in [-0.4, -0.2) is 38.4 Å². The molecule has 2 aromatic carbocycles. The molecule has 32 heavy (non-hydrogen) atoms. The number of nitrogens with zero attached hydrogens (tertiary/aromatic N) is 2. The summed E-state index contributed by atoms with van der Waals surface area (Å²) in [6, 6.07) is 9.22. The van der Waals surface area contributed by atoms with Crippen LogP contribution >= 0.6 is 11.3 Å². The van der Waals surface area contributed by atoms with Crippen LogP contribution in [0.3, 0.4) is 0 Å². The molecule has 0 aliphatic carbocycles. The summed E-state index contributed by atoms with van der Waals surface area (Å²) in [6.07, 6.45) is 8.56. The number of terminal acetylenes is 1. The molecule has 0 fully saturated rings. The van der Waals surface area contributed by atoms with Crippen LogP contribution < -0.4 is 23.7 Å². The minimum atomic E-state index is -0.416. The molecule has 3 rings (SSSR count). The highest BCUT2D eigenvalue weighted by Crippen LogP contribution is 2.38. The topological polar surface area (TPSA) is 71.3 Å². The Kier molecular flexibility index (Phi) is 7.58. The van der Waals surface area contributed by atoms with E-state index in [-0.39, 0.29) is 0 Å². The third-order valence-corrected chi connectivity index (χ3v) is 5.57. The van der Waals surface area contributed by atoms with Gasteiger partial charge in [-0.15, -0.1) is 6.42 Å². The Bertz CT molecular complexity index is 1240. The Morgan fingerprint density at radius 3 is 2.47 bits per heavy atom. The lowest BCUT2D eigenvalue weighted by Crippen LogP contribution is -2.15. The lowest BCUT2D eigenvalue weighted by molar-refractivity contribution is -0.113. The fourth-order valence-electron chi connectivity index (χ4n) is 3.14. The van der Waals surface area contributed by atoms with E-state index in [4.69, 9.17) is 25.4 Å². The number of rotatable bonds is 8. The Morgan fingerprint density at radius 1 is 1.16 bits per heavy atom. The highest BCUT2D eigenvalue weighted by atomic mass is 32.1. The van der Waals surface area contributed by atoms with Crippen molar-refractivity contribution in [2.24, 2.45) is 4.99 Å². The summed E-state index contributed by atoms with van der Waals surface area (Å²) in [5.74, 6) is 4.44. The van der Waals surface area contributed by atoms with Crippen molar-refractivity contribution in [3.8, 4) is 35.3 Å². The maximum Gasteiger partial charge on any atom is 0.272 e. The van der Waals surface area contributed by atoms with Crippen LogP contribution in [0.5, 0.6) is 23.0 Å². The fraction of sp³-hybridized carbons (Fsp3) is 0.250. The molecule has 1 amide bonds. The molecule has 0 bridgehead atoms. The molecule has 166 valence electrons. The van der Waals surface area contributed by atoms with Gasteiger partial charge < -0.3 is 23.5 Å². The van der Waals surface area contributed by atoms with Gasteiger partial charge in [0.05, 0.1) is 44.7 Å². The minimum Gasteiger partial charge on any atom is -0.494 e. The normalized spacial score (nSPS) is 11.5. The monoisotopic (exact) mass is 452 g/mol. The second kappa shape index (κ2) is 10.6. The number of fused-ring (bicyclic) bond motifs is 1. The highest BCUT2D eigenvalue weighted by Gasteiger charge is 2.12. The number of carbonyl (C=O) groups is 1. The Morgan fingerprint density at radius 2 is 1.88 bits per heavy atom. The smallest absolute Gasteiger partial charge is 0.272 e. The van der Waals surface area contributed by atoms with Gasteiger partial charge in [0.15, 0.2) is 16.3 Å². The van der Waals surface area contributed by atoms with E-state index in [2.05, 4.69) is 10.9 Å². The third-order valence-electron chi connectivity index (χ3n) is 4.53. The van der Waals surface area contributed by atoms with Crippen LogP contribution in [0.1, 0.15) is 12.5 Å². The van der Waals surface area contributed by atoms with Gasteiger partial charge in [0.1, 0.15) is 5.75 Å². The average Bonchev–Trinajstić information content (AvgIpc) is 3.13. The summed E-state index contributed by atoms with van der Waals surface area (Å²) in [5.41, 5.74) is 1.61. The van der Waals surface area contributed by atoms with E-state index in [0.717, 1.165) is 16.0 Å². The zero-order chi connectivity index (χ0) is 23.1. The first-order valence-electron chi connectivity index (χ1n) is 9.81. The van der Waals surface area contributed by atoms with Crippen LogP contribution in [-0.2, 0) is 11.3 Å². The predicted molar refractivity (Wildman–Crippen MR) is 126 cm³/mol. The molecule has 0 saturated carbocycles. The number of methoxy groups -OCH3 is 3. The number of thiazole rings is 1. The van der Waals surface area contributed by atoms with E-state index in [1.807, 2.05) is 29.7 Å². The molecule has 0 unspecified atom stereocenters. The van der Waals surface area contributed by atoms with Gasteiger partial charge in [-0.05, 0) is 48.9 Å². The summed E-state index contributed by atoms with van der Waals surface area (Å²) < 4.78 is 24.4. The first-order chi connectivity index (χ1) is 15.5. The lowest BCUT2D eigenvalue weighted by atomic mass is 10.1. The van der Waals surface area contributed by atoms with Crippen LogP contribution in [0.2, 0.25) is 0 Å². The van der Waals surface area contributed by atoms with E-state index < -0.39 is 5.91 Å². The number of carbonyl (C=O) groups excluding carboxylic acids is 1. The molecule has 0 radical (unpaired) electrons. The number of amides is 1. The van der Waals surface area contributed by atoms with E-state index in [1.165, 1.54) is 38.7 Å². The largest absolute Gasteiger partial charge is 0.494 e. The SMILES string of the molecule is C#CCn1c(=NC(=O)C=Cc2cc(OC)c(OC)c(OC)c2)sc2cc(OCC)ccc21. The van der Waals surface area contributed by atoms with E-state index in [0.29, 0.717) is 40.8 Å². The summed E-state index contributed by atoms with van der Waals surface area (Å²) >= 11 is 1.38. The van der Waals surface area contributed by atoms with Crippen molar-refractivity contribution in [3.05, 3.63) is 46.8 Å². The molecule has 1 aromatic heterocycles. The number of ether oxygens (including phenoxy) is 4. The van der Waals surface area contributed by atoms with E-state index in [1.54, 1.807) is 18.2 Å². The Hall–Kier alpha value is -3.70. The van der Waals surface area contributed by atoms with Crippen molar-refractivity contribution in [2.75, 3.05) is 27.9 Å². The summed E-state index contributed by atoms with van der Waals surface area (Å²) in [4.78, 5) is 17.4. The van der Waals surface area contributed by atoms with Crippen molar-refractivity contribution in [1.82, 2.24) is 4.57 Å². The zero-order valence-corrected chi connectivity index (χ0v) is 19.2. The van der Waals surface area contributed by atoms with Crippen LogP contribution in [0.4, 0.5) is 0 Å². The molecule has 0 aliphatic rings. The molecule has 1 heterocycles. The number of hydrogen-bond acceptors (Lipinski definition) is 6. The second-order valence-electron chi connectivity index (χ2n) is 6.48. The first-order valence-corrected chi connectivity index (χ1v) is 10.6. The zero-order valence-electron chi connectivity index (χ0n) is 18.4. The molecule has 7 nitrogen and oxygen atoms in total. The second-order valence-corrected chi connectivity index (χ2v) is 7.49. The van der Waals surface area contributed by atoms with Crippen molar-refractivity contribution < 1.29 is 23.7 Å². The first kappa shape index (κ1) is 23.0. The highest BCUT2D eigenvalue weighted by molar-refractivity contribution is 7.16. The van der Waals surface area contributed by atoms with E-state index >= 15 is 0 Å². The van der Waals surface area contributed by atoms with Crippen molar-refractivity contribution in [2.45, 2.75) is 13.5 Å². The molecule has 0 saturated heterocycles. The van der Waals surface area contributed by atoms with Crippen LogP contribution in [0.15, 0.2) is 41.4 Å². The Labute approximate surface area is 190 Å². The quantitative estimate of drug-likeness (QED) is 0.383. The number of hydrogen-bond donors (Lipinski definition) is 0. The lowest BCUT2D eigenvalue weighted by Gasteiger charge is -2.12. The van der Waals surface area contributed by atoms with Gasteiger partial charge >= 0.3 is 0 Å². The number of benzene rings is 2. The molecule has 8 heteroatoms. The minimum absolute atomic E-state index is 0.302. The fourth-order valence-corrected chi connectivity index (χ4v) is 4.20. The van der Waals surface area contributed by atoms with Gasteiger partial charge in [0, 0.05) is 6.08 Å². The molecule has 3 aromatic rings. The van der Waals surface area contributed by atoms with Crippen molar-refractivity contribution in [3.63, 3.8) is 0 Å². The van der Waals surface area contributed by atoms with Gasteiger partial charge in [-0.1, -0.05) is 17.3 Å². The molecule has 0 atom stereocenters. The maximum atomic E-state index is 12.6. The van der Waals surface area contributed by atoms with Gasteiger partial charge in [0.2, 0.25) is 5.75 Å². The van der Waals surface area contributed by atoms with Gasteiger partial charge in [-0.2, -0.15) is 4.99 Å². The van der Waals surface area contributed by atoms with Gasteiger partial charge in [-0.3, -0.25) is 4.79 Å². The van der Waals surface area contributed by atoms with Crippen LogP contribution in [0.25, 0.3) is 16.3 Å². The third kappa shape index (κ3) is 4.95. The molecule has 0 aliphatic heterocycles. The summed E-state index contributed by atoms with van der Waals surface area (Å²) in [6.45, 7) is 2.80. The number of aromatic nitrogens is 1. The van der Waals surface area contributed by atoms with Crippen LogP contribution in [0, 0.1) is 12.3 Å². The Balaban J connectivity index is 1.96. The molecule has 0 N–H and O–H groups in total. The standard InChI is InChI=1S/C24H24N2O5S/c1-6-12-26-18-10-9-17(31-7-2)15-21(18)32-24(26)25-22(27)11-8-16-13-19(28-3)23(30-5)20(14-16)29-4/h1,8-11,13-15H,7,12H2,2-5H3. The molecular weight excluding hydrogens is 428 g/mol. The van der Waals surface area contributed by atoms with Gasteiger partial charge in [0.25, 0.3) is 5.91 Å².